The molecule has 0 aliphatic rings. The van der Waals surface area contributed by atoms with Crippen LogP contribution in [-0.4, -0.2) is 14.6 Å². The van der Waals surface area contributed by atoms with Gasteiger partial charge in [0.2, 0.25) is 0 Å². The summed E-state index contributed by atoms with van der Waals surface area (Å²) < 4.78 is 30.2. The van der Waals surface area contributed by atoms with Gasteiger partial charge in [-0.1, -0.05) is 90.1 Å². The van der Waals surface area contributed by atoms with Gasteiger partial charge in [0.15, 0.2) is 0 Å². The monoisotopic (exact) mass is 397 g/mol. The summed E-state index contributed by atoms with van der Waals surface area (Å²) in [6, 6.07) is 13.8. The van der Waals surface area contributed by atoms with E-state index in [1.165, 1.54) is 11.8 Å². The number of allylic oxidation sites excluding steroid dienone is 1. The van der Waals surface area contributed by atoms with E-state index in [0.717, 1.165) is 16.7 Å². The Morgan fingerprint density at radius 2 is 1.36 bits per heavy atom. The van der Waals surface area contributed by atoms with E-state index in [1.807, 2.05) is 76.2 Å². The van der Waals surface area contributed by atoms with Gasteiger partial charge in [0.25, 0.3) is 10.0 Å². The highest BCUT2D eigenvalue weighted by atomic mass is 32.2. The SMILES string of the molecule is CC(C)c1cc(C(C)C)c(S(=O)(=O)/N=C/C=C/c2ccccc2)c(C(C)C)c1. The first-order chi connectivity index (χ1) is 13.1. The predicted molar refractivity (Wildman–Crippen MR) is 120 cm³/mol. The second kappa shape index (κ2) is 9.33. The molecule has 0 unspecified atom stereocenters. The first-order valence-electron chi connectivity index (χ1n) is 9.83. The van der Waals surface area contributed by atoms with Crippen molar-refractivity contribution in [3.63, 3.8) is 0 Å². The molecule has 28 heavy (non-hydrogen) atoms. The van der Waals surface area contributed by atoms with E-state index in [9.17, 15) is 8.42 Å². The first kappa shape index (κ1) is 22.1. The number of hydrogen-bond donors (Lipinski definition) is 0. The highest BCUT2D eigenvalue weighted by Crippen LogP contribution is 2.35. The van der Waals surface area contributed by atoms with Crippen LogP contribution < -0.4 is 0 Å². The zero-order valence-corrected chi connectivity index (χ0v) is 18.5. The van der Waals surface area contributed by atoms with Crippen LogP contribution in [0, 0.1) is 0 Å². The van der Waals surface area contributed by atoms with Crippen molar-refractivity contribution in [3.05, 3.63) is 70.8 Å². The molecular weight excluding hydrogens is 366 g/mol. The van der Waals surface area contributed by atoms with Gasteiger partial charge in [-0.2, -0.15) is 12.8 Å². The minimum absolute atomic E-state index is 0.0936. The molecule has 0 amide bonds. The average Bonchev–Trinajstić information content (AvgIpc) is 2.64. The Morgan fingerprint density at radius 3 is 1.82 bits per heavy atom. The van der Waals surface area contributed by atoms with E-state index in [2.05, 4.69) is 18.2 Å². The average molecular weight is 398 g/mol. The molecular formula is C24H31NO2S. The lowest BCUT2D eigenvalue weighted by molar-refractivity contribution is 0.592. The predicted octanol–water partition coefficient (Wildman–Crippen LogP) is 6.53. The zero-order valence-electron chi connectivity index (χ0n) is 17.7. The summed E-state index contributed by atoms with van der Waals surface area (Å²) >= 11 is 0. The zero-order chi connectivity index (χ0) is 20.9. The maximum absolute atomic E-state index is 13.1. The summed E-state index contributed by atoms with van der Waals surface area (Å²) in [5, 5.41) is 0. The van der Waals surface area contributed by atoms with Gasteiger partial charge in [0.1, 0.15) is 0 Å². The summed E-state index contributed by atoms with van der Waals surface area (Å²) in [5.41, 5.74) is 3.86. The Hall–Kier alpha value is -2.20. The topological polar surface area (TPSA) is 46.5 Å². The molecule has 0 aromatic heterocycles. The van der Waals surface area contributed by atoms with Crippen molar-refractivity contribution < 1.29 is 8.42 Å². The number of nitrogens with zero attached hydrogens (tertiary/aromatic N) is 1. The number of hydrogen-bond acceptors (Lipinski definition) is 2. The fourth-order valence-corrected chi connectivity index (χ4v) is 4.59. The molecule has 0 aliphatic carbocycles. The van der Waals surface area contributed by atoms with Crippen molar-refractivity contribution in [1.29, 1.82) is 0 Å². The molecule has 0 N–H and O–H groups in total. The molecule has 2 rings (SSSR count). The summed E-state index contributed by atoms with van der Waals surface area (Å²) in [7, 11) is -3.79. The Balaban J connectivity index is 2.51. The third-order valence-corrected chi connectivity index (χ3v) is 6.10. The van der Waals surface area contributed by atoms with Gasteiger partial charge in [0, 0.05) is 6.21 Å². The van der Waals surface area contributed by atoms with Crippen LogP contribution in [0.4, 0.5) is 0 Å². The van der Waals surface area contributed by atoms with E-state index in [-0.39, 0.29) is 11.8 Å². The van der Waals surface area contributed by atoms with Crippen molar-refractivity contribution in [2.45, 2.75) is 64.2 Å². The van der Waals surface area contributed by atoms with E-state index >= 15 is 0 Å². The number of benzene rings is 2. The van der Waals surface area contributed by atoms with Crippen LogP contribution in [-0.2, 0) is 10.0 Å². The van der Waals surface area contributed by atoms with Crippen LogP contribution in [0.25, 0.3) is 6.08 Å². The fraction of sp³-hybridized carbons (Fsp3) is 0.375. The van der Waals surface area contributed by atoms with Crippen LogP contribution in [0.5, 0.6) is 0 Å². The van der Waals surface area contributed by atoms with Gasteiger partial charge in [-0.3, -0.25) is 0 Å². The molecule has 0 bridgehead atoms. The van der Waals surface area contributed by atoms with Gasteiger partial charge in [-0.25, -0.2) is 0 Å². The standard InChI is InChI=1S/C24H31NO2S/c1-17(2)21-15-22(18(3)4)24(23(16-21)19(5)6)28(26,27)25-14-10-13-20-11-8-7-9-12-20/h7-19H,1-6H3/b13-10+,25-14+. The molecule has 0 saturated carbocycles. The lowest BCUT2D eigenvalue weighted by Crippen LogP contribution is -2.11. The smallest absolute Gasteiger partial charge is 0.199 e. The molecule has 150 valence electrons. The normalized spacial score (nSPS) is 12.9. The third-order valence-electron chi connectivity index (χ3n) is 4.71. The molecule has 2 aromatic carbocycles. The molecule has 0 aliphatic heterocycles. The second-order valence-corrected chi connectivity index (χ2v) is 9.56. The van der Waals surface area contributed by atoms with E-state index < -0.39 is 10.0 Å². The summed E-state index contributed by atoms with van der Waals surface area (Å²) in [4.78, 5) is 0.367. The van der Waals surface area contributed by atoms with E-state index in [0.29, 0.717) is 10.8 Å². The molecule has 0 saturated heterocycles. The van der Waals surface area contributed by atoms with Crippen LogP contribution in [0.2, 0.25) is 0 Å². The van der Waals surface area contributed by atoms with Crippen molar-refractivity contribution in [2.75, 3.05) is 0 Å². The molecule has 0 fully saturated rings. The highest BCUT2D eigenvalue weighted by Gasteiger charge is 2.26. The van der Waals surface area contributed by atoms with Crippen LogP contribution in [0.1, 0.15) is 81.5 Å². The largest absolute Gasteiger partial charge is 0.282 e. The fourth-order valence-electron chi connectivity index (χ4n) is 3.07. The van der Waals surface area contributed by atoms with Gasteiger partial charge in [-0.15, -0.1) is 0 Å². The van der Waals surface area contributed by atoms with Crippen molar-refractivity contribution in [3.8, 4) is 0 Å². The highest BCUT2D eigenvalue weighted by molar-refractivity contribution is 7.90. The van der Waals surface area contributed by atoms with Gasteiger partial charge in [0.05, 0.1) is 4.90 Å². The summed E-state index contributed by atoms with van der Waals surface area (Å²) in [5.74, 6) is 0.524. The molecule has 0 heterocycles. The van der Waals surface area contributed by atoms with Gasteiger partial charge in [-0.05, 0) is 46.1 Å². The van der Waals surface area contributed by atoms with Gasteiger partial charge >= 0.3 is 0 Å². The lowest BCUT2D eigenvalue weighted by Gasteiger charge is -2.21. The minimum atomic E-state index is -3.79. The Bertz CT molecular complexity index is 924. The third kappa shape index (κ3) is 5.41. The lowest BCUT2D eigenvalue weighted by atomic mass is 9.89. The van der Waals surface area contributed by atoms with Crippen molar-refractivity contribution in [1.82, 2.24) is 0 Å². The summed E-state index contributed by atoms with van der Waals surface area (Å²) in [6.07, 6.45) is 4.87. The van der Waals surface area contributed by atoms with Gasteiger partial charge < -0.3 is 0 Å². The van der Waals surface area contributed by atoms with Crippen molar-refractivity contribution in [2.24, 2.45) is 4.40 Å². The Labute approximate surface area is 170 Å². The quantitative estimate of drug-likeness (QED) is 0.499. The summed E-state index contributed by atoms with van der Waals surface area (Å²) in [6.45, 7) is 12.4. The first-order valence-corrected chi connectivity index (χ1v) is 11.3. The Morgan fingerprint density at radius 1 is 0.821 bits per heavy atom. The maximum atomic E-state index is 13.1. The molecule has 0 atom stereocenters. The molecule has 2 aromatic rings. The minimum Gasteiger partial charge on any atom is -0.199 e. The van der Waals surface area contributed by atoms with E-state index in [4.69, 9.17) is 0 Å². The second-order valence-electron chi connectivity index (χ2n) is 7.99. The van der Waals surface area contributed by atoms with Crippen LogP contribution in [0.3, 0.4) is 0 Å². The maximum Gasteiger partial charge on any atom is 0.282 e. The van der Waals surface area contributed by atoms with E-state index in [1.54, 1.807) is 6.08 Å². The Kier molecular flexibility index (Phi) is 7.36. The number of sulfonamides is 1. The molecule has 0 spiro atoms. The molecule has 3 nitrogen and oxygen atoms in total. The molecule has 0 radical (unpaired) electrons. The van der Waals surface area contributed by atoms with Crippen LogP contribution in [0.15, 0.2) is 57.8 Å². The van der Waals surface area contributed by atoms with Crippen molar-refractivity contribution >= 4 is 22.3 Å². The molecule has 4 heteroatoms. The van der Waals surface area contributed by atoms with Crippen LogP contribution >= 0.6 is 0 Å². The number of rotatable bonds is 7.